The topological polar surface area (TPSA) is 64.1 Å². The van der Waals surface area contributed by atoms with Crippen molar-refractivity contribution >= 4 is 21.6 Å². The Hall–Kier alpha value is -2.18. The van der Waals surface area contributed by atoms with Gasteiger partial charge in [-0.25, -0.2) is 4.79 Å². The molecule has 1 N–H and O–H groups in total. The number of ether oxygens (including phenoxy) is 1. The Kier molecular flexibility index (Phi) is 4.31. The lowest BCUT2D eigenvalue weighted by atomic mass is 9.89. The molecule has 0 saturated heterocycles. The SMILES string of the molecule is COCCn1c(=O)[nH]c2scc(-c3ccc4c(c3)CCCC4)c2c1=O. The van der Waals surface area contributed by atoms with Crippen molar-refractivity contribution < 1.29 is 4.74 Å². The normalized spacial score (nSPS) is 14.0. The molecule has 0 atom stereocenters. The van der Waals surface area contributed by atoms with Crippen LogP contribution in [0.3, 0.4) is 0 Å². The Morgan fingerprint density at radius 1 is 1.20 bits per heavy atom. The fourth-order valence-electron chi connectivity index (χ4n) is 3.55. The largest absolute Gasteiger partial charge is 0.383 e. The Balaban J connectivity index is 1.88. The molecule has 0 spiro atoms. The molecule has 25 heavy (non-hydrogen) atoms. The van der Waals surface area contributed by atoms with Gasteiger partial charge in [-0.3, -0.25) is 14.3 Å². The maximum absolute atomic E-state index is 12.9. The minimum absolute atomic E-state index is 0.246. The van der Waals surface area contributed by atoms with Crippen molar-refractivity contribution in [1.82, 2.24) is 9.55 Å². The first kappa shape index (κ1) is 16.3. The molecule has 5 nitrogen and oxygen atoms in total. The highest BCUT2D eigenvalue weighted by atomic mass is 32.1. The Morgan fingerprint density at radius 3 is 2.80 bits per heavy atom. The summed E-state index contributed by atoms with van der Waals surface area (Å²) in [6.45, 7) is 0.576. The molecule has 0 unspecified atom stereocenters. The van der Waals surface area contributed by atoms with Crippen molar-refractivity contribution in [3.05, 3.63) is 55.5 Å². The van der Waals surface area contributed by atoms with Crippen molar-refractivity contribution in [1.29, 1.82) is 0 Å². The molecule has 6 heteroatoms. The Labute approximate surface area is 148 Å². The van der Waals surface area contributed by atoms with Crippen LogP contribution in [0.1, 0.15) is 24.0 Å². The summed E-state index contributed by atoms with van der Waals surface area (Å²) in [6, 6.07) is 6.48. The van der Waals surface area contributed by atoms with Gasteiger partial charge in [-0.15, -0.1) is 11.3 Å². The molecule has 0 fully saturated rings. The molecule has 2 heterocycles. The lowest BCUT2D eigenvalue weighted by molar-refractivity contribution is 0.185. The number of nitrogens with one attached hydrogen (secondary N) is 1. The van der Waals surface area contributed by atoms with Crippen molar-refractivity contribution in [3.8, 4) is 11.1 Å². The van der Waals surface area contributed by atoms with E-state index in [4.69, 9.17) is 4.74 Å². The first-order valence-corrected chi connectivity index (χ1v) is 9.42. The number of hydrogen-bond donors (Lipinski definition) is 1. The quantitative estimate of drug-likeness (QED) is 0.782. The average Bonchev–Trinajstić information content (AvgIpc) is 3.05. The van der Waals surface area contributed by atoms with E-state index in [2.05, 4.69) is 23.2 Å². The number of aromatic amines is 1. The minimum Gasteiger partial charge on any atom is -0.383 e. The molecule has 1 aliphatic rings. The fourth-order valence-corrected chi connectivity index (χ4v) is 4.50. The number of fused-ring (bicyclic) bond motifs is 2. The van der Waals surface area contributed by atoms with E-state index in [0.29, 0.717) is 16.8 Å². The Morgan fingerprint density at radius 2 is 2.00 bits per heavy atom. The van der Waals surface area contributed by atoms with E-state index in [1.807, 2.05) is 5.38 Å². The second-order valence-electron chi connectivity index (χ2n) is 6.42. The van der Waals surface area contributed by atoms with E-state index < -0.39 is 0 Å². The summed E-state index contributed by atoms with van der Waals surface area (Å²) in [7, 11) is 1.56. The predicted octanol–water partition coefficient (Wildman–Crippen LogP) is 2.94. The summed E-state index contributed by atoms with van der Waals surface area (Å²) in [6.07, 6.45) is 4.70. The lowest BCUT2D eigenvalue weighted by Gasteiger charge is -2.16. The summed E-state index contributed by atoms with van der Waals surface area (Å²) in [5.74, 6) is 0. The monoisotopic (exact) mass is 356 g/mol. The van der Waals surface area contributed by atoms with Crippen LogP contribution >= 0.6 is 11.3 Å². The summed E-state index contributed by atoms with van der Waals surface area (Å²) in [4.78, 5) is 28.5. The number of aryl methyl sites for hydroxylation is 2. The van der Waals surface area contributed by atoms with Gasteiger partial charge in [-0.2, -0.15) is 0 Å². The highest BCUT2D eigenvalue weighted by molar-refractivity contribution is 7.17. The van der Waals surface area contributed by atoms with Gasteiger partial charge in [-0.1, -0.05) is 18.2 Å². The number of hydrogen-bond acceptors (Lipinski definition) is 4. The molecule has 0 aliphatic heterocycles. The summed E-state index contributed by atoms with van der Waals surface area (Å²) in [5.41, 5.74) is 4.13. The highest BCUT2D eigenvalue weighted by Crippen LogP contribution is 2.33. The minimum atomic E-state index is -0.381. The van der Waals surface area contributed by atoms with Crippen LogP contribution in [0.25, 0.3) is 21.3 Å². The van der Waals surface area contributed by atoms with E-state index >= 15 is 0 Å². The van der Waals surface area contributed by atoms with Crippen LogP contribution < -0.4 is 11.2 Å². The van der Waals surface area contributed by atoms with Crippen molar-refractivity contribution in [2.45, 2.75) is 32.2 Å². The standard InChI is InChI=1S/C19H20N2O3S/c1-24-9-8-21-18(22)16-15(11-25-17(16)20-19(21)23)14-7-6-12-4-2-3-5-13(12)10-14/h6-7,10-11H,2-5,8-9H2,1H3,(H,20,23). The van der Waals surface area contributed by atoms with Crippen molar-refractivity contribution in [2.75, 3.05) is 13.7 Å². The van der Waals surface area contributed by atoms with Gasteiger partial charge in [0.2, 0.25) is 0 Å². The molecule has 0 radical (unpaired) electrons. The summed E-state index contributed by atoms with van der Waals surface area (Å²) < 4.78 is 6.24. The second-order valence-corrected chi connectivity index (χ2v) is 7.30. The second kappa shape index (κ2) is 6.61. The summed E-state index contributed by atoms with van der Waals surface area (Å²) >= 11 is 1.41. The fraction of sp³-hybridized carbons (Fsp3) is 0.368. The maximum atomic E-state index is 12.9. The van der Waals surface area contributed by atoms with E-state index in [0.717, 1.165) is 24.0 Å². The third-order valence-corrected chi connectivity index (χ3v) is 5.79. The van der Waals surface area contributed by atoms with Gasteiger partial charge in [0.25, 0.3) is 5.56 Å². The third kappa shape index (κ3) is 2.85. The molecular formula is C19H20N2O3S. The zero-order valence-corrected chi connectivity index (χ0v) is 14.9. The van der Waals surface area contributed by atoms with Gasteiger partial charge < -0.3 is 4.74 Å². The van der Waals surface area contributed by atoms with Gasteiger partial charge in [0.15, 0.2) is 0 Å². The van der Waals surface area contributed by atoms with Crippen LogP contribution in [0, 0.1) is 0 Å². The van der Waals surface area contributed by atoms with Crippen LogP contribution in [-0.2, 0) is 24.1 Å². The van der Waals surface area contributed by atoms with Gasteiger partial charge in [-0.05, 0) is 42.4 Å². The van der Waals surface area contributed by atoms with Crippen LogP contribution in [0.15, 0.2) is 33.2 Å². The van der Waals surface area contributed by atoms with Gasteiger partial charge in [0.1, 0.15) is 4.83 Å². The molecule has 4 rings (SSSR count). The Bertz CT molecular complexity index is 1040. The number of rotatable bonds is 4. The van der Waals surface area contributed by atoms with Crippen molar-refractivity contribution in [3.63, 3.8) is 0 Å². The smallest absolute Gasteiger partial charge is 0.329 e. The maximum Gasteiger partial charge on any atom is 0.329 e. The van der Waals surface area contributed by atoms with E-state index in [-0.39, 0.29) is 17.8 Å². The van der Waals surface area contributed by atoms with Gasteiger partial charge in [0, 0.05) is 18.1 Å². The van der Waals surface area contributed by atoms with E-state index in [9.17, 15) is 9.59 Å². The van der Waals surface area contributed by atoms with E-state index in [1.165, 1.54) is 39.9 Å². The number of aromatic nitrogens is 2. The zero-order chi connectivity index (χ0) is 17.4. The van der Waals surface area contributed by atoms with Gasteiger partial charge >= 0.3 is 5.69 Å². The van der Waals surface area contributed by atoms with E-state index in [1.54, 1.807) is 7.11 Å². The third-order valence-electron chi connectivity index (χ3n) is 4.89. The number of methoxy groups -OCH3 is 1. The van der Waals surface area contributed by atoms with Crippen molar-refractivity contribution in [2.24, 2.45) is 0 Å². The van der Waals surface area contributed by atoms with Crippen LogP contribution in [0.5, 0.6) is 0 Å². The molecule has 2 aromatic heterocycles. The number of H-pyrrole nitrogens is 1. The number of benzene rings is 1. The van der Waals surface area contributed by atoms with Crippen LogP contribution in [0.4, 0.5) is 0 Å². The number of nitrogens with zero attached hydrogens (tertiary/aromatic N) is 1. The highest BCUT2D eigenvalue weighted by Gasteiger charge is 2.16. The molecule has 1 aliphatic carbocycles. The van der Waals surface area contributed by atoms with Crippen LogP contribution in [0.2, 0.25) is 0 Å². The van der Waals surface area contributed by atoms with Crippen LogP contribution in [-0.4, -0.2) is 23.3 Å². The zero-order valence-electron chi connectivity index (χ0n) is 14.1. The van der Waals surface area contributed by atoms with Gasteiger partial charge in [0.05, 0.1) is 18.5 Å². The lowest BCUT2D eigenvalue weighted by Crippen LogP contribution is -2.35. The molecular weight excluding hydrogens is 336 g/mol. The molecule has 3 aromatic rings. The first-order valence-electron chi connectivity index (χ1n) is 8.54. The molecule has 0 amide bonds. The molecule has 130 valence electrons. The molecule has 1 aromatic carbocycles. The first-order chi connectivity index (χ1) is 12.2. The average molecular weight is 356 g/mol. The predicted molar refractivity (Wildman–Crippen MR) is 101 cm³/mol. The summed E-state index contributed by atoms with van der Waals surface area (Å²) in [5, 5.41) is 2.56. The number of thiophene rings is 1. The molecule has 0 bridgehead atoms. The molecule has 0 saturated carbocycles.